The number of carbonyl (C=O) groups is 1. The smallest absolute Gasteiger partial charge is 0.262 e. The van der Waals surface area contributed by atoms with Crippen LogP contribution in [-0.4, -0.2) is 17.5 Å². The second-order valence-corrected chi connectivity index (χ2v) is 5.43. The van der Waals surface area contributed by atoms with Crippen LogP contribution in [0.2, 0.25) is 0 Å². The zero-order valence-corrected chi connectivity index (χ0v) is 13.3. The Hall–Kier alpha value is -3.08. The maximum Gasteiger partial charge on any atom is 0.262 e. The minimum absolute atomic E-state index is 0.133. The van der Waals surface area contributed by atoms with E-state index >= 15 is 0 Å². The molecule has 1 amide bonds. The Bertz CT molecular complexity index is 914. The van der Waals surface area contributed by atoms with E-state index in [1.54, 1.807) is 12.1 Å². The largest absolute Gasteiger partial charge is 0.482 e. The van der Waals surface area contributed by atoms with E-state index in [-0.39, 0.29) is 18.1 Å². The number of benzene rings is 2. The van der Waals surface area contributed by atoms with Crippen molar-refractivity contribution in [3.8, 4) is 5.75 Å². The fourth-order valence-electron chi connectivity index (χ4n) is 2.44. The van der Waals surface area contributed by atoms with E-state index in [0.717, 1.165) is 17.5 Å². The van der Waals surface area contributed by atoms with Gasteiger partial charge in [0.05, 0.1) is 5.52 Å². The molecule has 0 unspecified atom stereocenters. The number of rotatable bonds is 5. The zero-order chi connectivity index (χ0) is 16.9. The highest BCUT2D eigenvalue weighted by molar-refractivity contribution is 5.92. The van der Waals surface area contributed by atoms with Crippen LogP contribution >= 0.6 is 0 Å². The Labute approximate surface area is 139 Å². The predicted octanol–water partition coefficient (Wildman–Crippen LogP) is 3.11. The minimum Gasteiger partial charge on any atom is -0.482 e. The van der Waals surface area contributed by atoms with E-state index in [1.165, 1.54) is 11.6 Å². The number of anilines is 1. The molecule has 0 saturated heterocycles. The number of amides is 1. The lowest BCUT2D eigenvalue weighted by Gasteiger charge is -2.10. The number of nitrogens with one attached hydrogen (secondary N) is 2. The van der Waals surface area contributed by atoms with Crippen molar-refractivity contribution in [2.75, 3.05) is 11.9 Å². The van der Waals surface area contributed by atoms with Crippen LogP contribution in [-0.2, 0) is 11.2 Å². The van der Waals surface area contributed by atoms with Crippen molar-refractivity contribution >= 4 is 22.5 Å². The molecule has 0 bridgehead atoms. The molecule has 1 heterocycles. The molecule has 122 valence electrons. The van der Waals surface area contributed by atoms with E-state index in [2.05, 4.69) is 17.2 Å². The summed E-state index contributed by atoms with van der Waals surface area (Å²) in [7, 11) is 0. The molecule has 1 aromatic heterocycles. The molecule has 0 spiro atoms. The molecule has 0 atom stereocenters. The summed E-state index contributed by atoms with van der Waals surface area (Å²) in [5.74, 6) is 0.219. The van der Waals surface area contributed by atoms with E-state index in [1.807, 2.05) is 36.4 Å². The van der Waals surface area contributed by atoms with Gasteiger partial charge in [0.25, 0.3) is 5.91 Å². The minimum atomic E-state index is -0.255. The number of H-pyrrole nitrogens is 1. The molecule has 2 aromatic carbocycles. The van der Waals surface area contributed by atoms with Crippen molar-refractivity contribution in [3.63, 3.8) is 0 Å². The van der Waals surface area contributed by atoms with Gasteiger partial charge < -0.3 is 15.0 Å². The normalized spacial score (nSPS) is 10.5. The summed E-state index contributed by atoms with van der Waals surface area (Å²) in [5.41, 5.74) is 2.32. The Morgan fingerprint density at radius 1 is 1.08 bits per heavy atom. The van der Waals surface area contributed by atoms with Crippen LogP contribution in [0.25, 0.3) is 10.9 Å². The fourth-order valence-corrected chi connectivity index (χ4v) is 2.44. The van der Waals surface area contributed by atoms with Crippen LogP contribution in [0.4, 0.5) is 5.69 Å². The first-order valence-corrected chi connectivity index (χ1v) is 7.79. The Balaban J connectivity index is 1.68. The summed E-state index contributed by atoms with van der Waals surface area (Å²) in [6.45, 7) is 1.95. The number of pyridine rings is 1. The van der Waals surface area contributed by atoms with Gasteiger partial charge in [0.1, 0.15) is 5.75 Å². The third kappa shape index (κ3) is 3.63. The number of hydrogen-bond donors (Lipinski definition) is 2. The standard InChI is InChI=1S/C19H18N2O3/c1-2-13-6-9-15(10-7-13)20-18(23)12-24-16-5-3-4-14-8-11-17(22)21-19(14)16/h3-11H,2,12H2,1H3,(H,20,23)(H,21,22). The van der Waals surface area contributed by atoms with Crippen molar-refractivity contribution < 1.29 is 9.53 Å². The second-order valence-electron chi connectivity index (χ2n) is 5.43. The van der Waals surface area contributed by atoms with Gasteiger partial charge in [-0.2, -0.15) is 0 Å². The lowest BCUT2D eigenvalue weighted by molar-refractivity contribution is -0.118. The van der Waals surface area contributed by atoms with Gasteiger partial charge in [0.15, 0.2) is 6.61 Å². The molecule has 5 nitrogen and oxygen atoms in total. The van der Waals surface area contributed by atoms with Gasteiger partial charge in [-0.25, -0.2) is 0 Å². The van der Waals surface area contributed by atoms with Crippen LogP contribution in [0.1, 0.15) is 12.5 Å². The van der Waals surface area contributed by atoms with Crippen LogP contribution in [0.15, 0.2) is 59.4 Å². The molecular weight excluding hydrogens is 304 g/mol. The van der Waals surface area contributed by atoms with Crippen molar-refractivity contribution in [2.24, 2.45) is 0 Å². The van der Waals surface area contributed by atoms with E-state index < -0.39 is 0 Å². The lowest BCUT2D eigenvalue weighted by Crippen LogP contribution is -2.20. The van der Waals surface area contributed by atoms with Gasteiger partial charge >= 0.3 is 0 Å². The maximum absolute atomic E-state index is 12.0. The monoisotopic (exact) mass is 322 g/mol. The van der Waals surface area contributed by atoms with Crippen LogP contribution < -0.4 is 15.6 Å². The first-order chi connectivity index (χ1) is 11.7. The Kier molecular flexibility index (Phi) is 4.61. The summed E-state index contributed by atoms with van der Waals surface area (Å²) in [4.78, 5) is 26.2. The molecule has 0 saturated carbocycles. The molecule has 3 rings (SSSR count). The number of aryl methyl sites for hydroxylation is 1. The summed E-state index contributed by atoms with van der Waals surface area (Å²) in [5, 5.41) is 3.64. The van der Waals surface area contributed by atoms with Gasteiger partial charge in [-0.05, 0) is 36.2 Å². The zero-order valence-electron chi connectivity index (χ0n) is 13.3. The molecule has 24 heavy (non-hydrogen) atoms. The van der Waals surface area contributed by atoms with Gasteiger partial charge in [-0.15, -0.1) is 0 Å². The summed E-state index contributed by atoms with van der Waals surface area (Å²) in [6, 6.07) is 16.3. The molecule has 0 aliphatic carbocycles. The highest BCUT2D eigenvalue weighted by Crippen LogP contribution is 2.22. The van der Waals surface area contributed by atoms with Crippen molar-refractivity contribution in [3.05, 3.63) is 70.5 Å². The van der Waals surface area contributed by atoms with Crippen LogP contribution in [0.5, 0.6) is 5.75 Å². The third-order valence-electron chi connectivity index (χ3n) is 3.73. The number of fused-ring (bicyclic) bond motifs is 1. The number of aromatic nitrogens is 1. The number of aromatic amines is 1. The number of ether oxygens (including phenoxy) is 1. The second kappa shape index (κ2) is 7.00. The molecule has 2 N–H and O–H groups in total. The fraction of sp³-hybridized carbons (Fsp3) is 0.158. The number of para-hydroxylation sites is 1. The van der Waals surface area contributed by atoms with Gasteiger partial charge in [-0.1, -0.05) is 31.2 Å². The highest BCUT2D eigenvalue weighted by Gasteiger charge is 2.07. The first-order valence-electron chi connectivity index (χ1n) is 7.79. The molecule has 0 radical (unpaired) electrons. The number of hydrogen-bond acceptors (Lipinski definition) is 3. The van der Waals surface area contributed by atoms with Gasteiger partial charge in [0.2, 0.25) is 5.56 Å². The predicted molar refractivity (Wildman–Crippen MR) is 94.5 cm³/mol. The van der Waals surface area contributed by atoms with Crippen molar-refractivity contribution in [1.29, 1.82) is 0 Å². The SMILES string of the molecule is CCc1ccc(NC(=O)COc2cccc3ccc(=O)[nH]c23)cc1. The molecular formula is C19H18N2O3. The van der Waals surface area contributed by atoms with Gasteiger partial charge in [-0.3, -0.25) is 9.59 Å². The quantitative estimate of drug-likeness (QED) is 0.758. The highest BCUT2D eigenvalue weighted by atomic mass is 16.5. The van der Waals surface area contributed by atoms with Crippen LogP contribution in [0, 0.1) is 0 Å². The number of carbonyl (C=O) groups excluding carboxylic acids is 1. The van der Waals surface area contributed by atoms with E-state index in [0.29, 0.717) is 11.3 Å². The third-order valence-corrected chi connectivity index (χ3v) is 3.73. The molecule has 0 fully saturated rings. The molecule has 5 heteroatoms. The summed E-state index contributed by atoms with van der Waals surface area (Å²) < 4.78 is 5.57. The maximum atomic E-state index is 12.0. The Morgan fingerprint density at radius 2 is 1.88 bits per heavy atom. The topological polar surface area (TPSA) is 71.2 Å². The van der Waals surface area contributed by atoms with Crippen LogP contribution in [0.3, 0.4) is 0 Å². The van der Waals surface area contributed by atoms with Gasteiger partial charge in [0, 0.05) is 17.1 Å². The lowest BCUT2D eigenvalue weighted by atomic mass is 10.1. The molecule has 3 aromatic rings. The summed E-state index contributed by atoms with van der Waals surface area (Å²) in [6.07, 6.45) is 0.955. The Morgan fingerprint density at radius 3 is 2.62 bits per heavy atom. The average molecular weight is 322 g/mol. The van der Waals surface area contributed by atoms with E-state index in [4.69, 9.17) is 4.74 Å². The van der Waals surface area contributed by atoms with E-state index in [9.17, 15) is 9.59 Å². The molecule has 0 aliphatic rings. The molecule has 0 aliphatic heterocycles. The van der Waals surface area contributed by atoms with Crippen molar-refractivity contribution in [1.82, 2.24) is 4.98 Å². The average Bonchev–Trinajstić information content (AvgIpc) is 2.60. The van der Waals surface area contributed by atoms with Crippen molar-refractivity contribution in [2.45, 2.75) is 13.3 Å². The summed E-state index contributed by atoms with van der Waals surface area (Å²) >= 11 is 0. The first kappa shape index (κ1) is 15.8.